The first-order valence-corrected chi connectivity index (χ1v) is 10.9. The molecule has 4 N–H and O–H groups in total. The van der Waals surface area contributed by atoms with Crippen molar-refractivity contribution in [1.29, 1.82) is 5.26 Å². The Morgan fingerprint density at radius 3 is 2.52 bits per heavy atom. The minimum atomic E-state index is -0.270. The summed E-state index contributed by atoms with van der Waals surface area (Å²) in [5, 5.41) is 20.5. The van der Waals surface area contributed by atoms with Crippen molar-refractivity contribution in [3.8, 4) is 6.07 Å². The second kappa shape index (κ2) is 11.2. The highest BCUT2D eigenvalue weighted by molar-refractivity contribution is 6.05. The fourth-order valence-corrected chi connectivity index (χ4v) is 3.86. The van der Waals surface area contributed by atoms with E-state index in [0.29, 0.717) is 41.4 Å². The minimum Gasteiger partial charge on any atom is -0.339 e. The summed E-state index contributed by atoms with van der Waals surface area (Å²) in [5.74, 6) is 0.0629. The average molecular weight is 446 g/mol. The number of hydrogen-bond acceptors (Lipinski definition) is 4. The average Bonchev–Trinajstić information content (AvgIpc) is 2.85. The van der Waals surface area contributed by atoms with Gasteiger partial charge in [0.2, 0.25) is 0 Å². The third kappa shape index (κ3) is 6.16. The SMILES string of the molecule is C/C(=C\C=C/[NH2+]O)C(=O)Nc1cc(C(=O)N2CCC(c3ccc(C#N)cc3)CC2)ccc1C. The summed E-state index contributed by atoms with van der Waals surface area (Å²) in [6.07, 6.45) is 6.34. The predicted octanol–water partition coefficient (Wildman–Crippen LogP) is 3.24. The Bertz CT molecular complexity index is 1110. The zero-order chi connectivity index (χ0) is 23.8. The molecule has 33 heavy (non-hydrogen) atoms. The summed E-state index contributed by atoms with van der Waals surface area (Å²) in [6.45, 7) is 4.89. The van der Waals surface area contributed by atoms with E-state index in [9.17, 15) is 9.59 Å². The third-order valence-electron chi connectivity index (χ3n) is 5.93. The van der Waals surface area contributed by atoms with Gasteiger partial charge in [-0.2, -0.15) is 10.7 Å². The number of amides is 2. The van der Waals surface area contributed by atoms with Crippen LogP contribution in [0.4, 0.5) is 5.69 Å². The van der Waals surface area contributed by atoms with Gasteiger partial charge in [0.25, 0.3) is 11.8 Å². The van der Waals surface area contributed by atoms with Crippen molar-refractivity contribution < 1.29 is 20.3 Å². The Morgan fingerprint density at radius 2 is 1.88 bits per heavy atom. The molecule has 1 aliphatic rings. The van der Waals surface area contributed by atoms with Crippen LogP contribution in [0.2, 0.25) is 0 Å². The van der Waals surface area contributed by atoms with Crippen LogP contribution < -0.4 is 10.8 Å². The molecule has 1 aliphatic heterocycles. The number of anilines is 1. The second-order valence-corrected chi connectivity index (χ2v) is 8.17. The van der Waals surface area contributed by atoms with E-state index in [0.717, 1.165) is 23.9 Å². The molecule has 2 amide bonds. The highest BCUT2D eigenvalue weighted by Gasteiger charge is 2.25. The number of nitriles is 1. The molecule has 3 rings (SSSR count). The van der Waals surface area contributed by atoms with Crippen molar-refractivity contribution in [2.24, 2.45) is 0 Å². The number of carbonyl (C=O) groups excluding carboxylic acids is 2. The van der Waals surface area contributed by atoms with E-state index < -0.39 is 0 Å². The van der Waals surface area contributed by atoms with Gasteiger partial charge in [-0.1, -0.05) is 18.2 Å². The van der Waals surface area contributed by atoms with Gasteiger partial charge in [0.1, 0.15) is 6.20 Å². The predicted molar refractivity (Wildman–Crippen MR) is 125 cm³/mol. The fourth-order valence-electron chi connectivity index (χ4n) is 3.86. The van der Waals surface area contributed by atoms with E-state index in [1.54, 1.807) is 31.2 Å². The van der Waals surface area contributed by atoms with E-state index in [1.165, 1.54) is 11.8 Å². The van der Waals surface area contributed by atoms with Gasteiger partial charge in [-0.15, -0.1) is 0 Å². The summed E-state index contributed by atoms with van der Waals surface area (Å²) in [6, 6.07) is 15.2. The first-order valence-electron chi connectivity index (χ1n) is 10.9. The molecular weight excluding hydrogens is 416 g/mol. The molecule has 0 atom stereocenters. The lowest BCUT2D eigenvalue weighted by Crippen LogP contribution is -2.73. The molecule has 0 saturated carbocycles. The number of nitrogens with two attached hydrogens (primary N) is 1. The largest absolute Gasteiger partial charge is 0.339 e. The van der Waals surface area contributed by atoms with Crippen LogP contribution in [0.5, 0.6) is 0 Å². The van der Waals surface area contributed by atoms with Gasteiger partial charge in [0.05, 0.1) is 11.6 Å². The lowest BCUT2D eigenvalue weighted by Gasteiger charge is -2.32. The van der Waals surface area contributed by atoms with Crippen molar-refractivity contribution in [3.05, 3.63) is 88.6 Å². The fraction of sp³-hybridized carbons (Fsp3) is 0.269. The number of rotatable bonds is 6. The van der Waals surface area contributed by atoms with Crippen LogP contribution in [0, 0.1) is 18.3 Å². The number of hydroxylamine groups is 1. The number of likely N-dealkylation sites (tertiary alicyclic amines) is 1. The summed E-state index contributed by atoms with van der Waals surface area (Å²) >= 11 is 0. The Hall–Kier alpha value is -3.73. The minimum absolute atomic E-state index is 0.0440. The molecule has 2 aromatic carbocycles. The molecule has 0 aliphatic carbocycles. The monoisotopic (exact) mass is 445 g/mol. The van der Waals surface area contributed by atoms with Gasteiger partial charge >= 0.3 is 0 Å². The molecule has 1 saturated heterocycles. The van der Waals surface area contributed by atoms with Crippen LogP contribution in [0.15, 0.2) is 66.4 Å². The number of nitrogens with zero attached hydrogens (tertiary/aromatic N) is 2. The third-order valence-corrected chi connectivity index (χ3v) is 5.93. The van der Waals surface area contributed by atoms with Gasteiger partial charge in [0, 0.05) is 29.9 Å². The quantitative estimate of drug-likeness (QED) is 0.360. The summed E-state index contributed by atoms with van der Waals surface area (Å²) in [4.78, 5) is 27.4. The lowest BCUT2D eigenvalue weighted by molar-refractivity contribution is -0.838. The molecule has 0 unspecified atom stereocenters. The van der Waals surface area contributed by atoms with Crippen LogP contribution in [0.3, 0.4) is 0 Å². The van der Waals surface area contributed by atoms with Crippen molar-refractivity contribution in [1.82, 2.24) is 4.90 Å². The highest BCUT2D eigenvalue weighted by atomic mass is 16.5. The van der Waals surface area contributed by atoms with Crippen LogP contribution in [-0.2, 0) is 4.79 Å². The molecule has 7 heteroatoms. The van der Waals surface area contributed by atoms with Gasteiger partial charge < -0.3 is 10.2 Å². The number of benzene rings is 2. The maximum atomic E-state index is 13.1. The molecule has 170 valence electrons. The normalized spacial score (nSPS) is 14.8. The highest BCUT2D eigenvalue weighted by Crippen LogP contribution is 2.29. The molecule has 0 bridgehead atoms. The molecule has 7 nitrogen and oxygen atoms in total. The van der Waals surface area contributed by atoms with Crippen LogP contribution in [0.1, 0.15) is 52.7 Å². The van der Waals surface area contributed by atoms with Gasteiger partial charge in [-0.25, -0.2) is 5.21 Å². The van der Waals surface area contributed by atoms with Crippen molar-refractivity contribution in [2.45, 2.75) is 32.6 Å². The molecule has 0 spiro atoms. The molecule has 2 aromatic rings. The smallest absolute Gasteiger partial charge is 0.253 e. The summed E-state index contributed by atoms with van der Waals surface area (Å²) < 4.78 is 0. The lowest BCUT2D eigenvalue weighted by atomic mass is 9.89. The van der Waals surface area contributed by atoms with Crippen LogP contribution in [-0.4, -0.2) is 35.0 Å². The number of allylic oxidation sites excluding steroid dienone is 2. The van der Waals surface area contributed by atoms with E-state index in [1.807, 2.05) is 42.2 Å². The first-order chi connectivity index (χ1) is 15.9. The van der Waals surface area contributed by atoms with E-state index in [-0.39, 0.29) is 11.8 Å². The van der Waals surface area contributed by atoms with E-state index in [2.05, 4.69) is 11.4 Å². The zero-order valence-corrected chi connectivity index (χ0v) is 18.9. The molecule has 0 radical (unpaired) electrons. The van der Waals surface area contributed by atoms with Gasteiger partial charge in [0.15, 0.2) is 0 Å². The van der Waals surface area contributed by atoms with E-state index in [4.69, 9.17) is 10.5 Å². The molecule has 0 aromatic heterocycles. The van der Waals surface area contributed by atoms with Crippen molar-refractivity contribution in [2.75, 3.05) is 18.4 Å². The van der Waals surface area contributed by atoms with Gasteiger partial charge in [-0.05, 0) is 80.2 Å². The standard InChI is InChI=1S/C26H28N4O3/c1-18-5-8-23(16-24(18)29-25(31)19(2)4-3-13-28-33)26(32)30-14-11-22(12-15-30)21-9-6-20(17-27)7-10-21/h3-10,13,16,22,28,33H,11-12,14-15H2,1-2H3,(H,29,31)/p+1/b13-3-,19-4+. The van der Waals surface area contributed by atoms with Crippen LogP contribution in [0.25, 0.3) is 0 Å². The number of nitrogens with one attached hydrogen (secondary N) is 1. The Kier molecular flexibility index (Phi) is 8.14. The molecular formula is C26H29N4O3+. The van der Waals surface area contributed by atoms with Crippen LogP contribution >= 0.6 is 0 Å². The zero-order valence-electron chi connectivity index (χ0n) is 18.9. The Labute approximate surface area is 194 Å². The number of hydrogen-bond donors (Lipinski definition) is 3. The van der Waals surface area contributed by atoms with E-state index >= 15 is 0 Å². The van der Waals surface area contributed by atoms with Crippen molar-refractivity contribution >= 4 is 17.5 Å². The maximum Gasteiger partial charge on any atom is 0.253 e. The second-order valence-electron chi connectivity index (χ2n) is 8.17. The van der Waals surface area contributed by atoms with Gasteiger partial charge in [-0.3, -0.25) is 9.59 Å². The summed E-state index contributed by atoms with van der Waals surface area (Å²) in [5.41, 5.74) is 5.25. The number of carbonyl (C=O) groups is 2. The topological polar surface area (TPSA) is 110 Å². The van der Waals surface area contributed by atoms with Crippen molar-refractivity contribution in [3.63, 3.8) is 0 Å². The molecule has 1 heterocycles. The molecule has 1 fully saturated rings. The number of aryl methyl sites for hydroxylation is 1. The summed E-state index contributed by atoms with van der Waals surface area (Å²) in [7, 11) is 0. The maximum absolute atomic E-state index is 13.1. The Balaban J connectivity index is 1.64. The Morgan fingerprint density at radius 1 is 1.18 bits per heavy atom. The number of quaternary nitrogens is 1. The number of piperidine rings is 1. The first kappa shape index (κ1) is 23.9.